The zero-order valence-corrected chi connectivity index (χ0v) is 14.5. The lowest BCUT2D eigenvalue weighted by Gasteiger charge is -2.19. The van der Waals surface area contributed by atoms with Crippen molar-refractivity contribution in [3.63, 3.8) is 0 Å². The zero-order valence-electron chi connectivity index (χ0n) is 12.9. The highest BCUT2D eigenvalue weighted by atomic mass is 79.9. The minimum atomic E-state index is 0.522. The van der Waals surface area contributed by atoms with E-state index in [0.717, 1.165) is 19.4 Å². The monoisotopic (exact) mass is 345 g/mol. The number of halogens is 1. The van der Waals surface area contributed by atoms with Crippen molar-refractivity contribution in [1.29, 1.82) is 0 Å². The molecule has 2 heteroatoms. The van der Waals surface area contributed by atoms with Crippen LogP contribution in [0.25, 0.3) is 0 Å². The van der Waals surface area contributed by atoms with E-state index in [1.807, 2.05) is 0 Å². The van der Waals surface area contributed by atoms with Crippen molar-refractivity contribution in [1.82, 2.24) is 5.32 Å². The summed E-state index contributed by atoms with van der Waals surface area (Å²) in [6.07, 6.45) is 3.37. The van der Waals surface area contributed by atoms with Crippen LogP contribution >= 0.6 is 15.9 Å². The topological polar surface area (TPSA) is 12.0 Å². The molecule has 0 spiro atoms. The Morgan fingerprint density at radius 2 is 1.67 bits per heavy atom. The number of hydrogen-bond acceptors (Lipinski definition) is 1. The molecule has 2 aromatic carbocycles. The molecule has 0 bridgehead atoms. The van der Waals surface area contributed by atoms with E-state index in [0.29, 0.717) is 6.04 Å². The van der Waals surface area contributed by atoms with Gasteiger partial charge in [-0.15, -0.1) is 0 Å². The molecule has 2 aromatic rings. The lowest BCUT2D eigenvalue weighted by molar-refractivity contribution is 0.490. The summed E-state index contributed by atoms with van der Waals surface area (Å²) in [4.78, 5) is 0. The Morgan fingerprint density at radius 1 is 1.00 bits per heavy atom. The van der Waals surface area contributed by atoms with Gasteiger partial charge in [-0.1, -0.05) is 65.3 Å². The van der Waals surface area contributed by atoms with Gasteiger partial charge < -0.3 is 5.32 Å². The van der Waals surface area contributed by atoms with Crippen LogP contribution in [-0.4, -0.2) is 12.6 Å². The molecule has 0 saturated carbocycles. The molecule has 1 atom stereocenters. The van der Waals surface area contributed by atoms with Crippen molar-refractivity contribution in [3.8, 4) is 0 Å². The van der Waals surface area contributed by atoms with Crippen molar-refractivity contribution in [2.75, 3.05) is 6.54 Å². The average Bonchev–Trinajstić information content (AvgIpc) is 2.48. The van der Waals surface area contributed by atoms with E-state index in [2.05, 4.69) is 83.6 Å². The Hall–Kier alpha value is -1.12. The van der Waals surface area contributed by atoms with E-state index < -0.39 is 0 Å². The Bertz CT molecular complexity index is 565. The summed E-state index contributed by atoms with van der Waals surface area (Å²) >= 11 is 3.66. The van der Waals surface area contributed by atoms with E-state index in [4.69, 9.17) is 0 Å². The highest BCUT2D eigenvalue weighted by Gasteiger charge is 2.11. The predicted molar refractivity (Wildman–Crippen MR) is 94.8 cm³/mol. The first kappa shape index (κ1) is 16.3. The fraction of sp³-hybridized carbons (Fsp3) is 0.368. The van der Waals surface area contributed by atoms with Gasteiger partial charge in [0.15, 0.2) is 0 Å². The fourth-order valence-corrected chi connectivity index (χ4v) is 3.16. The number of aryl methyl sites for hydroxylation is 2. The SMILES string of the molecule is CCNC(CCc1ccccc1C)Cc1ccccc1Br. The van der Waals surface area contributed by atoms with Gasteiger partial charge in [-0.25, -0.2) is 0 Å². The van der Waals surface area contributed by atoms with Crippen LogP contribution in [0.15, 0.2) is 53.0 Å². The highest BCUT2D eigenvalue weighted by Crippen LogP contribution is 2.19. The molecule has 0 heterocycles. The summed E-state index contributed by atoms with van der Waals surface area (Å²) in [5.74, 6) is 0. The molecule has 1 N–H and O–H groups in total. The van der Waals surface area contributed by atoms with Gasteiger partial charge in [0.05, 0.1) is 0 Å². The van der Waals surface area contributed by atoms with Gasteiger partial charge in [0.2, 0.25) is 0 Å². The minimum absolute atomic E-state index is 0.522. The Morgan fingerprint density at radius 3 is 2.33 bits per heavy atom. The van der Waals surface area contributed by atoms with Crippen LogP contribution in [0.4, 0.5) is 0 Å². The molecular formula is C19H24BrN. The van der Waals surface area contributed by atoms with Crippen LogP contribution in [0.1, 0.15) is 30.0 Å². The van der Waals surface area contributed by atoms with Gasteiger partial charge in [0, 0.05) is 10.5 Å². The molecule has 0 fully saturated rings. The Balaban J connectivity index is 1.99. The maximum absolute atomic E-state index is 3.66. The van der Waals surface area contributed by atoms with Crippen LogP contribution in [0.2, 0.25) is 0 Å². The molecular weight excluding hydrogens is 322 g/mol. The van der Waals surface area contributed by atoms with Gasteiger partial charge in [-0.05, 0) is 55.5 Å². The number of hydrogen-bond donors (Lipinski definition) is 1. The molecule has 1 nitrogen and oxygen atoms in total. The minimum Gasteiger partial charge on any atom is -0.314 e. The molecule has 1 unspecified atom stereocenters. The van der Waals surface area contributed by atoms with E-state index >= 15 is 0 Å². The maximum atomic E-state index is 3.66. The first-order valence-corrected chi connectivity index (χ1v) is 8.51. The van der Waals surface area contributed by atoms with E-state index in [1.54, 1.807) is 0 Å². The molecule has 0 aliphatic heterocycles. The number of likely N-dealkylation sites (N-methyl/N-ethyl adjacent to an activating group) is 1. The third-order valence-corrected chi connectivity index (χ3v) is 4.71. The second-order valence-electron chi connectivity index (χ2n) is 5.52. The van der Waals surface area contributed by atoms with Crippen molar-refractivity contribution in [2.45, 2.75) is 39.2 Å². The van der Waals surface area contributed by atoms with Crippen LogP contribution in [0.5, 0.6) is 0 Å². The fourth-order valence-electron chi connectivity index (χ4n) is 2.71. The average molecular weight is 346 g/mol. The van der Waals surface area contributed by atoms with E-state index in [9.17, 15) is 0 Å². The highest BCUT2D eigenvalue weighted by molar-refractivity contribution is 9.10. The van der Waals surface area contributed by atoms with Gasteiger partial charge in [0.25, 0.3) is 0 Å². The Labute approximate surface area is 136 Å². The smallest absolute Gasteiger partial charge is 0.0207 e. The van der Waals surface area contributed by atoms with Crippen molar-refractivity contribution in [3.05, 3.63) is 69.7 Å². The summed E-state index contributed by atoms with van der Waals surface area (Å²) in [5.41, 5.74) is 4.24. The molecule has 112 valence electrons. The second kappa shape index (κ2) is 8.35. The first-order valence-electron chi connectivity index (χ1n) is 7.72. The van der Waals surface area contributed by atoms with Gasteiger partial charge in [0.1, 0.15) is 0 Å². The summed E-state index contributed by atoms with van der Waals surface area (Å²) in [5, 5.41) is 3.63. The molecule has 0 aromatic heterocycles. The second-order valence-corrected chi connectivity index (χ2v) is 6.37. The number of rotatable bonds is 7. The standard InChI is InChI=1S/C19H24BrN/c1-3-21-18(14-17-10-6-7-11-19(17)20)13-12-16-9-5-4-8-15(16)2/h4-11,18,21H,3,12-14H2,1-2H3. The Kier molecular flexibility index (Phi) is 6.47. The summed E-state index contributed by atoms with van der Waals surface area (Å²) in [6.45, 7) is 5.40. The number of nitrogens with one attached hydrogen (secondary N) is 1. The molecule has 0 saturated heterocycles. The summed E-state index contributed by atoms with van der Waals surface area (Å²) < 4.78 is 1.21. The van der Waals surface area contributed by atoms with Crippen molar-refractivity contribution < 1.29 is 0 Å². The van der Waals surface area contributed by atoms with Gasteiger partial charge >= 0.3 is 0 Å². The van der Waals surface area contributed by atoms with Gasteiger partial charge in [-0.2, -0.15) is 0 Å². The van der Waals surface area contributed by atoms with E-state index in [-0.39, 0.29) is 0 Å². The van der Waals surface area contributed by atoms with Crippen LogP contribution in [0.3, 0.4) is 0 Å². The largest absolute Gasteiger partial charge is 0.314 e. The van der Waals surface area contributed by atoms with Crippen LogP contribution in [0, 0.1) is 6.92 Å². The molecule has 0 amide bonds. The predicted octanol–water partition coefficient (Wildman–Crippen LogP) is 4.91. The lowest BCUT2D eigenvalue weighted by Crippen LogP contribution is -2.31. The molecule has 21 heavy (non-hydrogen) atoms. The zero-order chi connectivity index (χ0) is 15.1. The third-order valence-electron chi connectivity index (χ3n) is 3.94. The molecule has 0 radical (unpaired) electrons. The van der Waals surface area contributed by atoms with Crippen LogP contribution in [-0.2, 0) is 12.8 Å². The summed E-state index contributed by atoms with van der Waals surface area (Å²) in [6, 6.07) is 17.7. The lowest BCUT2D eigenvalue weighted by atomic mass is 9.97. The number of benzene rings is 2. The molecule has 2 rings (SSSR count). The quantitative estimate of drug-likeness (QED) is 0.751. The normalized spacial score (nSPS) is 12.3. The first-order chi connectivity index (χ1) is 10.2. The van der Waals surface area contributed by atoms with Crippen LogP contribution < -0.4 is 5.32 Å². The van der Waals surface area contributed by atoms with Crippen molar-refractivity contribution >= 4 is 15.9 Å². The molecule has 0 aliphatic rings. The summed E-state index contributed by atoms with van der Waals surface area (Å²) in [7, 11) is 0. The van der Waals surface area contributed by atoms with Crippen molar-refractivity contribution in [2.24, 2.45) is 0 Å². The van der Waals surface area contributed by atoms with E-state index in [1.165, 1.54) is 27.6 Å². The maximum Gasteiger partial charge on any atom is 0.0207 e. The third kappa shape index (κ3) is 4.98. The van der Waals surface area contributed by atoms with Gasteiger partial charge in [-0.3, -0.25) is 0 Å². The molecule has 0 aliphatic carbocycles.